The van der Waals surface area contributed by atoms with Gasteiger partial charge in [0.2, 0.25) is 5.91 Å². The van der Waals surface area contributed by atoms with E-state index in [0.717, 1.165) is 11.8 Å². The predicted molar refractivity (Wildman–Crippen MR) is 71.3 cm³/mol. The summed E-state index contributed by atoms with van der Waals surface area (Å²) in [5, 5.41) is 0. The van der Waals surface area contributed by atoms with Crippen LogP contribution in [0.15, 0.2) is 30.6 Å². The van der Waals surface area contributed by atoms with Crippen molar-refractivity contribution in [1.82, 2.24) is 4.98 Å². The molecule has 102 valence electrons. The van der Waals surface area contributed by atoms with E-state index in [9.17, 15) is 13.6 Å². The van der Waals surface area contributed by atoms with E-state index in [-0.39, 0.29) is 5.91 Å². The number of fused-ring (bicyclic) bond motifs is 1. The van der Waals surface area contributed by atoms with Crippen LogP contribution in [-0.2, 0) is 11.2 Å². The maximum absolute atomic E-state index is 14.2. The zero-order valence-corrected chi connectivity index (χ0v) is 10.9. The van der Waals surface area contributed by atoms with Crippen LogP contribution in [0.3, 0.4) is 0 Å². The molecule has 0 unspecified atom stereocenters. The Labute approximate surface area is 114 Å². The lowest BCUT2D eigenvalue weighted by Crippen LogP contribution is -2.25. The molecule has 1 aliphatic heterocycles. The molecule has 3 rings (SSSR count). The zero-order chi connectivity index (χ0) is 14.3. The second-order valence-electron chi connectivity index (χ2n) is 4.77. The van der Waals surface area contributed by atoms with Crippen molar-refractivity contribution in [3.8, 4) is 11.1 Å². The van der Waals surface area contributed by atoms with Crippen LogP contribution in [0, 0.1) is 11.6 Å². The van der Waals surface area contributed by atoms with Gasteiger partial charge in [-0.15, -0.1) is 0 Å². The van der Waals surface area contributed by atoms with E-state index in [1.165, 1.54) is 25.3 Å². The molecule has 20 heavy (non-hydrogen) atoms. The molecular weight excluding hydrogens is 262 g/mol. The Morgan fingerprint density at radius 1 is 1.25 bits per heavy atom. The molecule has 0 saturated carbocycles. The summed E-state index contributed by atoms with van der Waals surface area (Å²) in [6.45, 7) is 2.01. The van der Waals surface area contributed by atoms with Crippen molar-refractivity contribution in [3.05, 3.63) is 47.8 Å². The number of halogens is 2. The Morgan fingerprint density at radius 3 is 2.75 bits per heavy atom. The number of carbonyl (C=O) groups excluding carboxylic acids is 1. The largest absolute Gasteiger partial charge is 0.312 e. The number of anilines is 1. The molecule has 0 spiro atoms. The summed E-state index contributed by atoms with van der Waals surface area (Å²) in [5.41, 5.74) is 2.19. The van der Waals surface area contributed by atoms with Crippen LogP contribution in [0.25, 0.3) is 11.1 Å². The van der Waals surface area contributed by atoms with E-state index in [1.807, 2.05) is 0 Å². The van der Waals surface area contributed by atoms with Gasteiger partial charge < -0.3 is 4.90 Å². The first-order valence-corrected chi connectivity index (χ1v) is 6.27. The molecule has 0 radical (unpaired) electrons. The van der Waals surface area contributed by atoms with Crippen molar-refractivity contribution in [2.75, 3.05) is 11.4 Å². The molecule has 3 nitrogen and oxygen atoms in total. The van der Waals surface area contributed by atoms with Crippen LogP contribution in [0.1, 0.15) is 12.5 Å². The topological polar surface area (TPSA) is 33.2 Å². The van der Waals surface area contributed by atoms with Gasteiger partial charge in [0.25, 0.3) is 0 Å². The van der Waals surface area contributed by atoms with Gasteiger partial charge in [-0.3, -0.25) is 9.78 Å². The van der Waals surface area contributed by atoms with Gasteiger partial charge in [-0.05, 0) is 30.2 Å². The van der Waals surface area contributed by atoms with Crippen molar-refractivity contribution in [3.63, 3.8) is 0 Å². The van der Waals surface area contributed by atoms with Crippen LogP contribution in [0.2, 0.25) is 0 Å². The molecule has 0 aliphatic carbocycles. The second-order valence-corrected chi connectivity index (χ2v) is 4.77. The lowest BCUT2D eigenvalue weighted by molar-refractivity contribution is -0.116. The summed E-state index contributed by atoms with van der Waals surface area (Å²) in [6, 6.07) is 4.25. The van der Waals surface area contributed by atoms with E-state index in [1.54, 1.807) is 11.0 Å². The highest BCUT2D eigenvalue weighted by atomic mass is 19.1. The average Bonchev–Trinajstić information content (AvgIpc) is 2.80. The first-order chi connectivity index (χ1) is 9.56. The van der Waals surface area contributed by atoms with Crippen LogP contribution in [0.5, 0.6) is 0 Å². The Balaban J connectivity index is 2.10. The molecule has 0 atom stereocenters. The summed E-state index contributed by atoms with van der Waals surface area (Å²) in [7, 11) is 0. The molecule has 0 N–H and O–H groups in total. The van der Waals surface area contributed by atoms with E-state index in [2.05, 4.69) is 4.98 Å². The minimum absolute atomic E-state index is 0.108. The Morgan fingerprint density at radius 2 is 2.05 bits per heavy atom. The number of nitrogens with zero attached hydrogens (tertiary/aromatic N) is 2. The van der Waals surface area contributed by atoms with E-state index < -0.39 is 11.6 Å². The van der Waals surface area contributed by atoms with E-state index in [0.29, 0.717) is 29.8 Å². The molecule has 1 amide bonds. The summed E-state index contributed by atoms with van der Waals surface area (Å²) in [5.74, 6) is -1.10. The third kappa shape index (κ3) is 2.05. The van der Waals surface area contributed by atoms with Crippen molar-refractivity contribution in [1.29, 1.82) is 0 Å². The first-order valence-electron chi connectivity index (χ1n) is 6.27. The number of hydrogen-bond donors (Lipinski definition) is 0. The smallest absolute Gasteiger partial charge is 0.223 e. The number of amides is 1. The van der Waals surface area contributed by atoms with Gasteiger partial charge in [-0.25, -0.2) is 8.78 Å². The van der Waals surface area contributed by atoms with Crippen molar-refractivity contribution in [2.45, 2.75) is 13.3 Å². The standard InChI is InChI=1S/C15H12F2N2O/c1-9(20)19-3-2-10-5-13(14(17)6-15(10)19)11-4-12(16)8-18-7-11/h4-8H,2-3H2,1H3. The first kappa shape index (κ1) is 12.7. The zero-order valence-electron chi connectivity index (χ0n) is 10.9. The maximum Gasteiger partial charge on any atom is 0.223 e. The van der Waals surface area contributed by atoms with Crippen molar-refractivity contribution >= 4 is 11.6 Å². The third-order valence-corrected chi connectivity index (χ3v) is 3.46. The normalized spacial score (nSPS) is 13.4. The Hall–Kier alpha value is -2.30. The molecule has 0 saturated heterocycles. The number of aromatic nitrogens is 1. The van der Waals surface area contributed by atoms with Crippen LogP contribution >= 0.6 is 0 Å². The molecular formula is C15H12F2N2O. The third-order valence-electron chi connectivity index (χ3n) is 3.46. The fourth-order valence-electron chi connectivity index (χ4n) is 2.52. The monoisotopic (exact) mass is 274 g/mol. The van der Waals surface area contributed by atoms with E-state index in [4.69, 9.17) is 0 Å². The summed E-state index contributed by atoms with van der Waals surface area (Å²) < 4.78 is 27.4. The molecule has 1 aromatic carbocycles. The van der Waals surface area contributed by atoms with Crippen molar-refractivity contribution in [2.24, 2.45) is 0 Å². The minimum Gasteiger partial charge on any atom is -0.312 e. The van der Waals surface area contributed by atoms with Crippen LogP contribution in [0.4, 0.5) is 14.5 Å². The molecule has 1 aliphatic rings. The Bertz CT molecular complexity index is 700. The molecule has 0 fully saturated rings. The number of pyridine rings is 1. The van der Waals surface area contributed by atoms with Gasteiger partial charge in [0, 0.05) is 36.5 Å². The lowest BCUT2D eigenvalue weighted by Gasteiger charge is -2.15. The SMILES string of the molecule is CC(=O)N1CCc2cc(-c3cncc(F)c3)c(F)cc21. The number of carbonyl (C=O) groups is 1. The summed E-state index contributed by atoms with van der Waals surface area (Å²) in [6.07, 6.45) is 3.17. The number of benzene rings is 1. The van der Waals surface area contributed by atoms with Crippen molar-refractivity contribution < 1.29 is 13.6 Å². The average molecular weight is 274 g/mol. The van der Waals surface area contributed by atoms with Gasteiger partial charge in [0.05, 0.1) is 6.20 Å². The fraction of sp³-hybridized carbons (Fsp3) is 0.200. The fourth-order valence-corrected chi connectivity index (χ4v) is 2.52. The van der Waals surface area contributed by atoms with Gasteiger partial charge >= 0.3 is 0 Å². The summed E-state index contributed by atoms with van der Waals surface area (Å²) >= 11 is 0. The lowest BCUT2D eigenvalue weighted by atomic mass is 10.0. The number of rotatable bonds is 1. The highest BCUT2D eigenvalue weighted by Crippen LogP contribution is 2.34. The quantitative estimate of drug-likeness (QED) is 0.801. The van der Waals surface area contributed by atoms with Crippen LogP contribution < -0.4 is 4.90 Å². The Kier molecular flexibility index (Phi) is 2.97. The molecule has 2 aromatic rings. The minimum atomic E-state index is -0.507. The molecule has 1 aromatic heterocycles. The van der Waals surface area contributed by atoms with Gasteiger partial charge in [0.15, 0.2) is 0 Å². The number of hydrogen-bond acceptors (Lipinski definition) is 2. The molecule has 0 bridgehead atoms. The molecule has 5 heteroatoms. The van der Waals surface area contributed by atoms with E-state index >= 15 is 0 Å². The highest BCUT2D eigenvalue weighted by molar-refractivity contribution is 5.94. The predicted octanol–water partition coefficient (Wildman–Crippen LogP) is 2.94. The van der Waals surface area contributed by atoms with Gasteiger partial charge in [-0.2, -0.15) is 0 Å². The highest BCUT2D eigenvalue weighted by Gasteiger charge is 2.24. The van der Waals surface area contributed by atoms with Crippen LogP contribution in [-0.4, -0.2) is 17.4 Å². The summed E-state index contributed by atoms with van der Waals surface area (Å²) in [4.78, 5) is 16.7. The molecule has 2 heterocycles. The van der Waals surface area contributed by atoms with Gasteiger partial charge in [-0.1, -0.05) is 0 Å². The second kappa shape index (κ2) is 4.67. The van der Waals surface area contributed by atoms with Gasteiger partial charge in [0.1, 0.15) is 11.6 Å². The maximum atomic E-state index is 14.2.